The summed E-state index contributed by atoms with van der Waals surface area (Å²) < 4.78 is 4.96. The number of nitrogens with one attached hydrogen (secondary N) is 3. The fourth-order valence-corrected chi connectivity index (χ4v) is 2.62. The summed E-state index contributed by atoms with van der Waals surface area (Å²) in [5, 5.41) is 7.78. The van der Waals surface area contributed by atoms with Gasteiger partial charge in [0.05, 0.1) is 12.5 Å². The van der Waals surface area contributed by atoms with E-state index in [4.69, 9.17) is 10.5 Å². The summed E-state index contributed by atoms with van der Waals surface area (Å²) in [6.07, 6.45) is -0.586. The van der Waals surface area contributed by atoms with Gasteiger partial charge < -0.3 is 26.4 Å². The maximum absolute atomic E-state index is 12.4. The molecule has 31 heavy (non-hydrogen) atoms. The highest BCUT2D eigenvalue weighted by Gasteiger charge is 2.31. The standard InChI is InChI=1S/C21H30N4O6/c1-12(2)23-13(3)19(28)24-14(4)20(29)25-16(10-17(22)26)18(27)21(30)31-11-15-8-6-5-7-9-15/h5-9,12-14,16,23H,10-11H2,1-4H3,(H2,22,26)(H,24,28)(H,25,29)/t13-,14-,16-/m0/s1. The molecule has 1 aromatic rings. The molecule has 1 aromatic carbocycles. The minimum atomic E-state index is -1.50. The molecule has 5 N–H and O–H groups in total. The lowest BCUT2D eigenvalue weighted by Gasteiger charge is -2.22. The van der Waals surface area contributed by atoms with Crippen molar-refractivity contribution in [1.82, 2.24) is 16.0 Å². The van der Waals surface area contributed by atoms with Crippen molar-refractivity contribution in [2.75, 3.05) is 0 Å². The van der Waals surface area contributed by atoms with Gasteiger partial charge in [-0.2, -0.15) is 0 Å². The van der Waals surface area contributed by atoms with E-state index in [1.807, 2.05) is 13.8 Å². The van der Waals surface area contributed by atoms with Gasteiger partial charge >= 0.3 is 5.97 Å². The quantitative estimate of drug-likeness (QED) is 0.256. The molecule has 0 spiro atoms. The number of carbonyl (C=O) groups is 5. The third-order valence-corrected chi connectivity index (χ3v) is 4.18. The molecule has 0 saturated heterocycles. The first kappa shape index (κ1) is 25.8. The third kappa shape index (κ3) is 9.39. The van der Waals surface area contributed by atoms with Gasteiger partial charge in [0.25, 0.3) is 5.78 Å². The molecule has 170 valence electrons. The number of benzene rings is 1. The van der Waals surface area contributed by atoms with E-state index < -0.39 is 54.0 Å². The number of Topliss-reactive ketones (excluding diaryl/α,β-unsaturated/α-hetero) is 1. The van der Waals surface area contributed by atoms with Crippen molar-refractivity contribution in [3.05, 3.63) is 35.9 Å². The van der Waals surface area contributed by atoms with Crippen LogP contribution in [0.2, 0.25) is 0 Å². The van der Waals surface area contributed by atoms with E-state index in [0.29, 0.717) is 5.56 Å². The Kier molecular flexibility index (Phi) is 10.3. The van der Waals surface area contributed by atoms with Gasteiger partial charge in [0.15, 0.2) is 0 Å². The zero-order valence-corrected chi connectivity index (χ0v) is 18.1. The molecule has 3 amide bonds. The van der Waals surface area contributed by atoms with Crippen molar-refractivity contribution < 1.29 is 28.7 Å². The van der Waals surface area contributed by atoms with Crippen molar-refractivity contribution in [2.45, 2.75) is 64.9 Å². The summed E-state index contributed by atoms with van der Waals surface area (Å²) in [6.45, 7) is 6.65. The van der Waals surface area contributed by atoms with E-state index in [9.17, 15) is 24.0 Å². The van der Waals surface area contributed by atoms with E-state index in [0.717, 1.165) is 0 Å². The largest absolute Gasteiger partial charge is 0.455 e. The van der Waals surface area contributed by atoms with Gasteiger partial charge in [0.1, 0.15) is 18.7 Å². The fourth-order valence-electron chi connectivity index (χ4n) is 2.62. The van der Waals surface area contributed by atoms with Crippen LogP contribution in [0.4, 0.5) is 0 Å². The molecule has 3 atom stereocenters. The molecule has 1 rings (SSSR count). The second kappa shape index (κ2) is 12.4. The Morgan fingerprint density at radius 2 is 1.48 bits per heavy atom. The van der Waals surface area contributed by atoms with Gasteiger partial charge in [-0.05, 0) is 19.4 Å². The number of primary amides is 1. The van der Waals surface area contributed by atoms with E-state index in [1.54, 1.807) is 37.3 Å². The van der Waals surface area contributed by atoms with Gasteiger partial charge in [-0.15, -0.1) is 0 Å². The number of hydrogen-bond donors (Lipinski definition) is 4. The number of carbonyl (C=O) groups excluding carboxylic acids is 5. The van der Waals surface area contributed by atoms with Crippen LogP contribution in [0.5, 0.6) is 0 Å². The monoisotopic (exact) mass is 434 g/mol. The molecule has 0 radical (unpaired) electrons. The van der Waals surface area contributed by atoms with Crippen LogP contribution in [0.25, 0.3) is 0 Å². The van der Waals surface area contributed by atoms with Crippen LogP contribution in [0.1, 0.15) is 39.7 Å². The lowest BCUT2D eigenvalue weighted by Crippen LogP contribution is -2.55. The SMILES string of the molecule is CC(C)N[C@@H](C)C(=O)N[C@@H](C)C(=O)N[C@@H](CC(N)=O)C(=O)C(=O)OCc1ccccc1. The molecular weight excluding hydrogens is 404 g/mol. The zero-order valence-electron chi connectivity index (χ0n) is 18.1. The number of ether oxygens (including phenoxy) is 1. The highest BCUT2D eigenvalue weighted by molar-refractivity contribution is 6.36. The van der Waals surface area contributed by atoms with Gasteiger partial charge in [-0.25, -0.2) is 4.79 Å². The van der Waals surface area contributed by atoms with Crippen molar-refractivity contribution in [2.24, 2.45) is 5.73 Å². The van der Waals surface area contributed by atoms with Crippen LogP contribution in [-0.4, -0.2) is 53.6 Å². The number of nitrogens with two attached hydrogens (primary N) is 1. The number of amides is 3. The minimum Gasteiger partial charge on any atom is -0.455 e. The molecule has 10 heteroatoms. The normalized spacial score (nSPS) is 13.6. The first-order chi connectivity index (χ1) is 14.5. The molecular formula is C21H30N4O6. The van der Waals surface area contributed by atoms with Gasteiger partial charge in [-0.3, -0.25) is 19.2 Å². The van der Waals surface area contributed by atoms with Crippen LogP contribution in [-0.2, 0) is 35.3 Å². The maximum atomic E-state index is 12.4. The smallest absolute Gasteiger partial charge is 0.377 e. The van der Waals surface area contributed by atoms with Crippen LogP contribution in [0.3, 0.4) is 0 Å². The Morgan fingerprint density at radius 3 is 2.03 bits per heavy atom. The molecule has 0 aliphatic heterocycles. The van der Waals surface area contributed by atoms with Crippen molar-refractivity contribution >= 4 is 29.5 Å². The number of rotatable bonds is 12. The van der Waals surface area contributed by atoms with Crippen LogP contribution >= 0.6 is 0 Å². The van der Waals surface area contributed by atoms with E-state index in [1.165, 1.54) is 6.92 Å². The van der Waals surface area contributed by atoms with E-state index in [2.05, 4.69) is 16.0 Å². The summed E-state index contributed by atoms with van der Waals surface area (Å²) in [5.74, 6) is -4.38. The first-order valence-corrected chi connectivity index (χ1v) is 9.91. The molecule has 0 aliphatic rings. The van der Waals surface area contributed by atoms with Crippen molar-refractivity contribution in [3.63, 3.8) is 0 Å². The molecule has 0 bridgehead atoms. The summed E-state index contributed by atoms with van der Waals surface area (Å²) in [4.78, 5) is 60.4. The maximum Gasteiger partial charge on any atom is 0.377 e. The zero-order chi connectivity index (χ0) is 23.6. The highest BCUT2D eigenvalue weighted by atomic mass is 16.5. The Labute approximate surface area is 181 Å². The predicted octanol–water partition coefficient (Wildman–Crippen LogP) is -0.450. The molecule has 0 fully saturated rings. The number of ketones is 1. The van der Waals surface area contributed by atoms with Crippen LogP contribution < -0.4 is 21.7 Å². The van der Waals surface area contributed by atoms with Gasteiger partial charge in [0, 0.05) is 6.04 Å². The highest BCUT2D eigenvalue weighted by Crippen LogP contribution is 2.04. The minimum absolute atomic E-state index is 0.0596. The van der Waals surface area contributed by atoms with E-state index in [-0.39, 0.29) is 12.6 Å². The lowest BCUT2D eigenvalue weighted by molar-refractivity contribution is -0.156. The molecule has 0 saturated carbocycles. The molecule has 0 unspecified atom stereocenters. The lowest BCUT2D eigenvalue weighted by atomic mass is 10.1. The number of hydrogen-bond acceptors (Lipinski definition) is 7. The van der Waals surface area contributed by atoms with Crippen LogP contribution in [0, 0.1) is 0 Å². The first-order valence-electron chi connectivity index (χ1n) is 9.91. The molecule has 10 nitrogen and oxygen atoms in total. The van der Waals surface area contributed by atoms with Crippen molar-refractivity contribution in [3.8, 4) is 0 Å². The number of esters is 1. The van der Waals surface area contributed by atoms with Gasteiger partial charge in [-0.1, -0.05) is 44.2 Å². The second-order valence-electron chi connectivity index (χ2n) is 7.43. The summed E-state index contributed by atoms with van der Waals surface area (Å²) >= 11 is 0. The van der Waals surface area contributed by atoms with Gasteiger partial charge in [0.2, 0.25) is 17.7 Å². The second-order valence-corrected chi connectivity index (χ2v) is 7.43. The molecule has 0 aliphatic carbocycles. The Hall–Kier alpha value is -3.27. The third-order valence-electron chi connectivity index (χ3n) is 4.18. The topological polar surface area (TPSA) is 157 Å². The summed E-state index contributed by atoms with van der Waals surface area (Å²) in [6, 6.07) is 5.68. The average molecular weight is 434 g/mol. The predicted molar refractivity (Wildman–Crippen MR) is 112 cm³/mol. The molecule has 0 heterocycles. The van der Waals surface area contributed by atoms with Crippen LogP contribution in [0.15, 0.2) is 30.3 Å². The fraction of sp³-hybridized carbons (Fsp3) is 0.476. The van der Waals surface area contributed by atoms with Crippen molar-refractivity contribution in [1.29, 1.82) is 0 Å². The summed E-state index contributed by atoms with van der Waals surface area (Å²) in [5.41, 5.74) is 5.81. The molecule has 0 aromatic heterocycles. The Morgan fingerprint density at radius 1 is 0.903 bits per heavy atom. The Balaban J connectivity index is 2.71. The average Bonchev–Trinajstić information content (AvgIpc) is 2.70. The summed E-state index contributed by atoms with van der Waals surface area (Å²) in [7, 11) is 0. The Bertz CT molecular complexity index is 796. The van der Waals surface area contributed by atoms with E-state index >= 15 is 0 Å².